The molecular formula is C19H13ClN2OS. The van der Waals surface area contributed by atoms with Gasteiger partial charge in [0.1, 0.15) is 4.83 Å². The molecule has 0 aliphatic heterocycles. The Bertz CT molecular complexity index is 1030. The fourth-order valence-electron chi connectivity index (χ4n) is 2.55. The molecule has 5 heteroatoms. The molecule has 118 valence electrons. The second-order valence-corrected chi connectivity index (χ2v) is 7.04. The molecule has 0 aliphatic rings. The van der Waals surface area contributed by atoms with Crippen molar-refractivity contribution in [3.05, 3.63) is 70.1 Å². The third kappa shape index (κ3) is 2.75. The molecule has 1 amide bonds. The van der Waals surface area contributed by atoms with Gasteiger partial charge >= 0.3 is 0 Å². The van der Waals surface area contributed by atoms with Crippen LogP contribution in [0.25, 0.3) is 21.1 Å². The van der Waals surface area contributed by atoms with Crippen molar-refractivity contribution >= 4 is 55.7 Å². The summed E-state index contributed by atoms with van der Waals surface area (Å²) in [5, 5.41) is 5.57. The van der Waals surface area contributed by atoms with Gasteiger partial charge in [-0.3, -0.25) is 4.79 Å². The predicted octanol–water partition coefficient (Wildman–Crippen LogP) is 5.66. The van der Waals surface area contributed by atoms with Crippen LogP contribution in [0.1, 0.15) is 15.2 Å². The maximum absolute atomic E-state index is 12.5. The largest absolute Gasteiger partial charge is 0.321 e. The molecule has 0 spiro atoms. The fraction of sp³-hybridized carbons (Fsp3) is 0.0526. The number of halogens is 1. The number of nitrogens with zero attached hydrogens (tertiary/aromatic N) is 1. The zero-order valence-electron chi connectivity index (χ0n) is 12.8. The fourth-order valence-corrected chi connectivity index (χ4v) is 3.65. The molecule has 2 aromatic heterocycles. The average molecular weight is 353 g/mol. The highest BCUT2D eigenvalue weighted by Crippen LogP contribution is 2.28. The lowest BCUT2D eigenvalue weighted by molar-refractivity contribution is 0.103. The summed E-state index contributed by atoms with van der Waals surface area (Å²) in [5.41, 5.74) is 2.60. The second-order valence-electron chi connectivity index (χ2n) is 5.60. The van der Waals surface area contributed by atoms with Gasteiger partial charge in [0.15, 0.2) is 0 Å². The minimum Gasteiger partial charge on any atom is -0.321 e. The Hall–Kier alpha value is -2.43. The third-order valence-electron chi connectivity index (χ3n) is 3.86. The van der Waals surface area contributed by atoms with Gasteiger partial charge in [0, 0.05) is 21.5 Å². The topological polar surface area (TPSA) is 42.0 Å². The molecule has 0 unspecified atom stereocenters. The van der Waals surface area contributed by atoms with E-state index in [1.807, 2.05) is 49.4 Å². The van der Waals surface area contributed by atoms with Crippen molar-refractivity contribution < 1.29 is 4.79 Å². The summed E-state index contributed by atoms with van der Waals surface area (Å²) in [7, 11) is 0. The molecule has 3 nitrogen and oxygen atoms in total. The summed E-state index contributed by atoms with van der Waals surface area (Å²) in [6, 6.07) is 17.4. The highest BCUT2D eigenvalue weighted by atomic mass is 35.5. The molecule has 0 radical (unpaired) electrons. The molecule has 2 aromatic carbocycles. The van der Waals surface area contributed by atoms with Crippen LogP contribution in [-0.2, 0) is 0 Å². The van der Waals surface area contributed by atoms with Crippen molar-refractivity contribution in [2.45, 2.75) is 6.92 Å². The first kappa shape index (κ1) is 15.1. The zero-order chi connectivity index (χ0) is 16.7. The maximum atomic E-state index is 12.5. The van der Waals surface area contributed by atoms with Gasteiger partial charge < -0.3 is 5.32 Å². The average Bonchev–Trinajstić information content (AvgIpc) is 2.99. The summed E-state index contributed by atoms with van der Waals surface area (Å²) < 4.78 is 0. The Kier molecular flexibility index (Phi) is 3.71. The SMILES string of the molecule is Cc1ccc(NC(=O)c2cc3cc4ccccc4nc3s2)cc1Cl. The van der Waals surface area contributed by atoms with Gasteiger partial charge in [-0.15, -0.1) is 11.3 Å². The maximum Gasteiger partial charge on any atom is 0.265 e. The van der Waals surface area contributed by atoms with Crippen molar-refractivity contribution in [3.8, 4) is 0 Å². The number of aryl methyl sites for hydroxylation is 1. The molecule has 4 aromatic rings. The Morgan fingerprint density at radius 1 is 1.08 bits per heavy atom. The highest BCUT2D eigenvalue weighted by molar-refractivity contribution is 7.20. The van der Waals surface area contributed by atoms with Crippen LogP contribution in [0.4, 0.5) is 5.69 Å². The molecular weight excluding hydrogens is 340 g/mol. The van der Waals surface area contributed by atoms with E-state index in [-0.39, 0.29) is 5.91 Å². The van der Waals surface area contributed by atoms with Crippen molar-refractivity contribution in [1.82, 2.24) is 4.98 Å². The van der Waals surface area contributed by atoms with E-state index in [9.17, 15) is 4.79 Å². The van der Waals surface area contributed by atoms with Crippen LogP contribution in [0.2, 0.25) is 5.02 Å². The quantitative estimate of drug-likeness (QED) is 0.505. The number of thiophene rings is 1. The van der Waals surface area contributed by atoms with Crippen molar-refractivity contribution in [1.29, 1.82) is 0 Å². The minimum atomic E-state index is -0.151. The molecule has 0 atom stereocenters. The number of rotatable bonds is 2. The lowest BCUT2D eigenvalue weighted by atomic mass is 10.2. The first-order valence-corrected chi connectivity index (χ1v) is 8.66. The Morgan fingerprint density at radius 3 is 2.75 bits per heavy atom. The van der Waals surface area contributed by atoms with E-state index in [0.29, 0.717) is 15.6 Å². The van der Waals surface area contributed by atoms with Gasteiger partial charge in [0.25, 0.3) is 5.91 Å². The molecule has 2 heterocycles. The first-order chi connectivity index (χ1) is 11.6. The Labute approximate surface area is 147 Å². The van der Waals surface area contributed by atoms with Crippen molar-refractivity contribution in [2.24, 2.45) is 0 Å². The lowest BCUT2D eigenvalue weighted by Gasteiger charge is -2.05. The molecule has 0 bridgehead atoms. The number of nitrogens with one attached hydrogen (secondary N) is 1. The summed E-state index contributed by atoms with van der Waals surface area (Å²) in [4.78, 5) is 18.6. The lowest BCUT2D eigenvalue weighted by Crippen LogP contribution is -2.09. The van der Waals surface area contributed by atoms with Gasteiger partial charge in [0.2, 0.25) is 0 Å². The summed E-state index contributed by atoms with van der Waals surface area (Å²) in [6.07, 6.45) is 0. The van der Waals surface area contributed by atoms with E-state index in [4.69, 9.17) is 11.6 Å². The van der Waals surface area contributed by atoms with E-state index < -0.39 is 0 Å². The van der Waals surface area contributed by atoms with E-state index in [1.165, 1.54) is 11.3 Å². The summed E-state index contributed by atoms with van der Waals surface area (Å²) >= 11 is 7.50. The van der Waals surface area contributed by atoms with Crippen molar-refractivity contribution in [2.75, 3.05) is 5.32 Å². The van der Waals surface area contributed by atoms with E-state index in [1.54, 1.807) is 6.07 Å². The number of hydrogen-bond acceptors (Lipinski definition) is 3. The van der Waals surface area contributed by atoms with Crippen LogP contribution in [0.5, 0.6) is 0 Å². The summed E-state index contributed by atoms with van der Waals surface area (Å²) in [5.74, 6) is -0.151. The summed E-state index contributed by atoms with van der Waals surface area (Å²) in [6.45, 7) is 1.93. The number of para-hydroxylation sites is 1. The number of carbonyl (C=O) groups excluding carboxylic acids is 1. The number of fused-ring (bicyclic) bond motifs is 2. The van der Waals surface area contributed by atoms with Crippen LogP contribution < -0.4 is 5.32 Å². The molecule has 0 saturated carbocycles. The van der Waals surface area contributed by atoms with Gasteiger partial charge in [-0.25, -0.2) is 4.98 Å². The van der Waals surface area contributed by atoms with Crippen molar-refractivity contribution in [3.63, 3.8) is 0 Å². The van der Waals surface area contributed by atoms with Crippen LogP contribution in [-0.4, -0.2) is 10.9 Å². The minimum absolute atomic E-state index is 0.151. The molecule has 0 saturated heterocycles. The molecule has 24 heavy (non-hydrogen) atoms. The zero-order valence-corrected chi connectivity index (χ0v) is 14.4. The van der Waals surface area contributed by atoms with Gasteiger partial charge in [-0.2, -0.15) is 0 Å². The predicted molar refractivity (Wildman–Crippen MR) is 101 cm³/mol. The van der Waals surface area contributed by atoms with Crippen LogP contribution in [0.3, 0.4) is 0 Å². The normalized spacial score (nSPS) is 11.1. The molecule has 0 aliphatic carbocycles. The molecule has 1 N–H and O–H groups in total. The van der Waals surface area contributed by atoms with Crippen LogP contribution in [0.15, 0.2) is 54.6 Å². The first-order valence-electron chi connectivity index (χ1n) is 7.47. The molecule has 0 fully saturated rings. The van der Waals surface area contributed by atoms with Gasteiger partial charge in [0.05, 0.1) is 10.4 Å². The number of hydrogen-bond donors (Lipinski definition) is 1. The van der Waals surface area contributed by atoms with Gasteiger partial charge in [-0.05, 0) is 42.8 Å². The second kappa shape index (κ2) is 5.89. The van der Waals surface area contributed by atoms with E-state index in [2.05, 4.69) is 16.4 Å². The van der Waals surface area contributed by atoms with Crippen LogP contribution >= 0.6 is 22.9 Å². The Morgan fingerprint density at radius 2 is 1.92 bits per heavy atom. The smallest absolute Gasteiger partial charge is 0.265 e. The number of amides is 1. The Balaban J connectivity index is 1.68. The third-order valence-corrected chi connectivity index (χ3v) is 5.31. The number of anilines is 1. The van der Waals surface area contributed by atoms with E-state index in [0.717, 1.165) is 26.7 Å². The number of pyridine rings is 1. The van der Waals surface area contributed by atoms with Gasteiger partial charge in [-0.1, -0.05) is 35.9 Å². The monoisotopic (exact) mass is 352 g/mol. The highest BCUT2D eigenvalue weighted by Gasteiger charge is 2.12. The number of carbonyl (C=O) groups is 1. The standard InChI is InChI=1S/C19H13ClN2OS/c1-11-6-7-14(10-15(11)20)21-18(23)17-9-13-8-12-4-2-3-5-16(12)22-19(13)24-17/h2-10H,1H3,(H,21,23). The molecule has 4 rings (SSSR count). The number of aromatic nitrogens is 1. The van der Waals surface area contributed by atoms with E-state index >= 15 is 0 Å². The van der Waals surface area contributed by atoms with Crippen LogP contribution in [0, 0.1) is 6.92 Å². The number of benzene rings is 2.